The Morgan fingerprint density at radius 3 is 3.19 bits per heavy atom. The molecule has 0 aliphatic carbocycles. The molecule has 3 heteroatoms. The van der Waals surface area contributed by atoms with E-state index < -0.39 is 0 Å². The van der Waals surface area contributed by atoms with Gasteiger partial charge in [0.05, 0.1) is 6.61 Å². The number of nitrogens with zero attached hydrogens (tertiary/aromatic N) is 1. The molecule has 2 rings (SSSR count). The van der Waals surface area contributed by atoms with Crippen LogP contribution in [-0.4, -0.2) is 23.8 Å². The predicted molar refractivity (Wildman–Crippen MR) is 65.3 cm³/mol. The van der Waals surface area contributed by atoms with Crippen LogP contribution >= 0.6 is 0 Å². The lowest BCUT2D eigenvalue weighted by Gasteiger charge is -2.19. The summed E-state index contributed by atoms with van der Waals surface area (Å²) < 4.78 is 7.70. The Morgan fingerprint density at radius 2 is 2.50 bits per heavy atom. The maximum Gasteiger partial charge on any atom is 0.0509 e. The van der Waals surface area contributed by atoms with Crippen molar-refractivity contribution in [1.82, 2.24) is 9.88 Å². The Balaban J connectivity index is 1.82. The largest absolute Gasteiger partial charge is 0.381 e. The van der Waals surface area contributed by atoms with Crippen molar-refractivity contribution < 1.29 is 4.74 Å². The van der Waals surface area contributed by atoms with Crippen LogP contribution in [0, 0.1) is 5.92 Å². The Labute approximate surface area is 97.8 Å². The minimum atomic E-state index is 0.544. The van der Waals surface area contributed by atoms with Gasteiger partial charge in [-0.25, -0.2) is 0 Å². The van der Waals surface area contributed by atoms with Crippen LogP contribution in [0.1, 0.15) is 26.0 Å². The first-order valence-corrected chi connectivity index (χ1v) is 6.26. The fourth-order valence-corrected chi connectivity index (χ4v) is 2.30. The van der Waals surface area contributed by atoms with Crippen molar-refractivity contribution in [2.45, 2.75) is 39.4 Å². The molecule has 3 nitrogen and oxygen atoms in total. The van der Waals surface area contributed by atoms with Crippen LogP contribution in [0.3, 0.4) is 0 Å². The first-order chi connectivity index (χ1) is 7.81. The molecule has 1 aliphatic heterocycles. The van der Waals surface area contributed by atoms with Gasteiger partial charge in [0, 0.05) is 37.6 Å². The van der Waals surface area contributed by atoms with Gasteiger partial charge >= 0.3 is 0 Å². The zero-order valence-corrected chi connectivity index (χ0v) is 10.3. The zero-order chi connectivity index (χ0) is 11.4. The van der Waals surface area contributed by atoms with Gasteiger partial charge in [0.2, 0.25) is 0 Å². The third-order valence-corrected chi connectivity index (χ3v) is 3.54. The molecule has 1 fully saturated rings. The Hall–Kier alpha value is -0.800. The summed E-state index contributed by atoms with van der Waals surface area (Å²) >= 11 is 0. The maximum atomic E-state index is 5.41. The number of aryl methyl sites for hydroxylation is 1. The molecule has 90 valence electrons. The number of rotatable bonds is 5. The molecule has 2 atom stereocenters. The molecule has 0 amide bonds. The number of ether oxygens (including phenoxy) is 1. The van der Waals surface area contributed by atoms with E-state index in [1.165, 1.54) is 12.1 Å². The number of hydrogen-bond acceptors (Lipinski definition) is 2. The highest BCUT2D eigenvalue weighted by molar-refractivity contribution is 5.06. The van der Waals surface area contributed by atoms with E-state index in [4.69, 9.17) is 4.74 Å². The molecule has 2 unspecified atom stereocenters. The van der Waals surface area contributed by atoms with E-state index >= 15 is 0 Å². The summed E-state index contributed by atoms with van der Waals surface area (Å²) in [4.78, 5) is 0. The molecule has 16 heavy (non-hydrogen) atoms. The van der Waals surface area contributed by atoms with E-state index in [-0.39, 0.29) is 0 Å². The van der Waals surface area contributed by atoms with Gasteiger partial charge in [-0.05, 0) is 38.3 Å². The maximum absolute atomic E-state index is 5.41. The lowest BCUT2D eigenvalue weighted by molar-refractivity contribution is 0.178. The smallest absolute Gasteiger partial charge is 0.0509 e. The van der Waals surface area contributed by atoms with Crippen molar-refractivity contribution in [3.63, 3.8) is 0 Å². The second-order valence-corrected chi connectivity index (χ2v) is 4.58. The van der Waals surface area contributed by atoms with Gasteiger partial charge in [-0.2, -0.15) is 0 Å². The van der Waals surface area contributed by atoms with Gasteiger partial charge in [-0.1, -0.05) is 0 Å². The van der Waals surface area contributed by atoms with Crippen molar-refractivity contribution in [3.05, 3.63) is 24.0 Å². The summed E-state index contributed by atoms with van der Waals surface area (Å²) in [5.74, 6) is 0.685. The average molecular weight is 222 g/mol. The average Bonchev–Trinajstić information content (AvgIpc) is 2.96. The van der Waals surface area contributed by atoms with Crippen LogP contribution in [0.4, 0.5) is 0 Å². The normalized spacial score (nSPS) is 22.5. The monoisotopic (exact) mass is 222 g/mol. The van der Waals surface area contributed by atoms with Crippen LogP contribution < -0.4 is 5.32 Å². The van der Waals surface area contributed by atoms with E-state index in [0.717, 1.165) is 26.3 Å². The quantitative estimate of drug-likeness (QED) is 0.825. The van der Waals surface area contributed by atoms with E-state index in [1.807, 2.05) is 0 Å². The van der Waals surface area contributed by atoms with Gasteiger partial charge < -0.3 is 14.6 Å². The number of nitrogens with one attached hydrogen (secondary N) is 1. The van der Waals surface area contributed by atoms with E-state index in [9.17, 15) is 0 Å². The standard InChI is InChI=1S/C13H22N2O/c1-3-15-7-4-5-13(15)9-14-11(2)12-6-8-16-10-12/h4-5,7,11-12,14H,3,6,8-10H2,1-2H3. The Kier molecular flexibility index (Phi) is 4.02. The van der Waals surface area contributed by atoms with Crippen molar-refractivity contribution in [2.24, 2.45) is 5.92 Å². The van der Waals surface area contributed by atoms with Gasteiger partial charge in [0.1, 0.15) is 0 Å². The van der Waals surface area contributed by atoms with E-state index in [2.05, 4.69) is 42.1 Å². The van der Waals surface area contributed by atoms with Gasteiger partial charge in [-0.3, -0.25) is 0 Å². The minimum Gasteiger partial charge on any atom is -0.381 e. The molecule has 0 saturated carbocycles. The highest BCUT2D eigenvalue weighted by atomic mass is 16.5. The van der Waals surface area contributed by atoms with Crippen molar-refractivity contribution in [2.75, 3.05) is 13.2 Å². The topological polar surface area (TPSA) is 26.2 Å². The summed E-state index contributed by atoms with van der Waals surface area (Å²) in [7, 11) is 0. The molecular formula is C13H22N2O. The van der Waals surface area contributed by atoms with E-state index in [0.29, 0.717) is 12.0 Å². The Bertz CT molecular complexity index is 315. The first-order valence-electron chi connectivity index (χ1n) is 6.26. The molecule has 1 aromatic rings. The molecule has 0 radical (unpaired) electrons. The van der Waals surface area contributed by atoms with Crippen LogP contribution in [0.15, 0.2) is 18.3 Å². The summed E-state index contributed by atoms with van der Waals surface area (Å²) in [6, 6.07) is 4.85. The van der Waals surface area contributed by atoms with E-state index in [1.54, 1.807) is 0 Å². The van der Waals surface area contributed by atoms with Crippen molar-refractivity contribution in [1.29, 1.82) is 0 Å². The molecule has 0 spiro atoms. The molecular weight excluding hydrogens is 200 g/mol. The minimum absolute atomic E-state index is 0.544. The zero-order valence-electron chi connectivity index (χ0n) is 10.3. The summed E-state index contributed by atoms with van der Waals surface area (Å²) in [6.45, 7) is 8.30. The molecule has 1 aliphatic rings. The molecule has 1 N–H and O–H groups in total. The van der Waals surface area contributed by atoms with Crippen molar-refractivity contribution >= 4 is 0 Å². The second kappa shape index (κ2) is 5.51. The third-order valence-electron chi connectivity index (χ3n) is 3.54. The SMILES string of the molecule is CCn1cccc1CNC(C)C1CCOC1. The second-order valence-electron chi connectivity index (χ2n) is 4.58. The predicted octanol–water partition coefficient (Wildman–Crippen LogP) is 2.02. The lowest BCUT2D eigenvalue weighted by atomic mass is 10.0. The lowest BCUT2D eigenvalue weighted by Crippen LogP contribution is -2.33. The molecule has 1 aromatic heterocycles. The fourth-order valence-electron chi connectivity index (χ4n) is 2.30. The van der Waals surface area contributed by atoms with Gasteiger partial charge in [0.25, 0.3) is 0 Å². The molecule has 0 aromatic carbocycles. The number of hydrogen-bond donors (Lipinski definition) is 1. The van der Waals surface area contributed by atoms with Gasteiger partial charge in [-0.15, -0.1) is 0 Å². The third kappa shape index (κ3) is 2.66. The van der Waals surface area contributed by atoms with Gasteiger partial charge in [0.15, 0.2) is 0 Å². The molecule has 2 heterocycles. The van der Waals surface area contributed by atoms with Crippen molar-refractivity contribution in [3.8, 4) is 0 Å². The van der Waals surface area contributed by atoms with Crippen LogP contribution in [0.25, 0.3) is 0 Å². The van der Waals surface area contributed by atoms with Crippen LogP contribution in [-0.2, 0) is 17.8 Å². The fraction of sp³-hybridized carbons (Fsp3) is 0.692. The van der Waals surface area contributed by atoms with Crippen LogP contribution in [0.2, 0.25) is 0 Å². The number of aromatic nitrogens is 1. The van der Waals surface area contributed by atoms with Crippen LogP contribution in [0.5, 0.6) is 0 Å². The Morgan fingerprint density at radius 1 is 1.62 bits per heavy atom. The summed E-state index contributed by atoms with van der Waals surface area (Å²) in [5.41, 5.74) is 1.37. The first kappa shape index (κ1) is 11.7. The summed E-state index contributed by atoms with van der Waals surface area (Å²) in [5, 5.41) is 3.60. The highest BCUT2D eigenvalue weighted by Crippen LogP contribution is 2.16. The molecule has 1 saturated heterocycles. The highest BCUT2D eigenvalue weighted by Gasteiger charge is 2.21. The summed E-state index contributed by atoms with van der Waals surface area (Å²) in [6.07, 6.45) is 3.34. The molecule has 0 bridgehead atoms.